The Morgan fingerprint density at radius 2 is 1.65 bits per heavy atom. The number of fused-ring (bicyclic) bond motifs is 2. The molecule has 1 N–H and O–H groups in total. The molecule has 3 heterocycles. The van der Waals surface area contributed by atoms with Crippen molar-refractivity contribution in [2.24, 2.45) is 0 Å². The minimum atomic E-state index is -0.432. The van der Waals surface area contributed by atoms with Gasteiger partial charge in [-0.3, -0.25) is 14.3 Å². The largest absolute Gasteiger partial charge is 0.493 e. The third-order valence-electron chi connectivity index (χ3n) is 7.96. The molecule has 0 saturated heterocycles. The highest BCUT2D eigenvalue weighted by Crippen LogP contribution is 2.36. The summed E-state index contributed by atoms with van der Waals surface area (Å²) in [7, 11) is 1.58. The van der Waals surface area contributed by atoms with Crippen LogP contribution in [-0.4, -0.2) is 32.3 Å². The van der Waals surface area contributed by atoms with Crippen LogP contribution in [0, 0.1) is 0 Å². The normalized spacial score (nSPS) is 12.4. The summed E-state index contributed by atoms with van der Waals surface area (Å²) in [6, 6.07) is 29.8. The fourth-order valence-corrected chi connectivity index (χ4v) is 5.73. The van der Waals surface area contributed by atoms with Gasteiger partial charge in [0, 0.05) is 18.3 Å². The van der Waals surface area contributed by atoms with Crippen LogP contribution in [0.4, 0.5) is 5.69 Å². The van der Waals surface area contributed by atoms with E-state index in [-0.39, 0.29) is 11.1 Å². The van der Waals surface area contributed by atoms with Crippen molar-refractivity contribution in [1.82, 2.24) is 19.3 Å². The van der Waals surface area contributed by atoms with Crippen LogP contribution in [-0.2, 0) is 19.6 Å². The van der Waals surface area contributed by atoms with Crippen LogP contribution in [0.25, 0.3) is 16.6 Å². The van der Waals surface area contributed by atoms with E-state index in [1.165, 1.54) is 6.33 Å². The molecule has 1 aliphatic rings. The van der Waals surface area contributed by atoms with E-state index in [2.05, 4.69) is 15.3 Å². The van der Waals surface area contributed by atoms with E-state index < -0.39 is 5.91 Å². The minimum Gasteiger partial charge on any atom is -0.493 e. The molecule has 0 fully saturated rings. The summed E-state index contributed by atoms with van der Waals surface area (Å²) in [5, 5.41) is 3.55. The Hall–Kier alpha value is -5.90. The standard InChI is InChI=1S/C36H31N5O5/c1-44-31-20-28-29(21-32(31)45-22-24-10-4-2-5-11-24)37-23-38-35(28)46-27-17-15-25(16-18-27)39-34(42)33-30-14-8-9-19-40(30)41(36(33)43)26-12-6-3-7-13-26/h2-7,10-13,15-18,20-21,23H,8-9,14,19,22H2,1H3,(H,39,42). The van der Waals surface area contributed by atoms with Crippen LogP contribution >= 0.6 is 0 Å². The molecule has 0 aliphatic carbocycles. The van der Waals surface area contributed by atoms with Crippen LogP contribution in [0.1, 0.15) is 34.5 Å². The SMILES string of the molecule is COc1cc2c(Oc3ccc(NC(=O)c4c5n(n(-c6ccccc6)c4=O)CCCC5)cc3)ncnc2cc1OCc1ccccc1. The second-order valence-electron chi connectivity index (χ2n) is 10.9. The number of hydrogen-bond donors (Lipinski definition) is 1. The number of ether oxygens (including phenoxy) is 3. The second kappa shape index (κ2) is 12.6. The van der Waals surface area contributed by atoms with E-state index in [0.29, 0.717) is 59.3 Å². The molecule has 230 valence electrons. The Bertz CT molecular complexity index is 2070. The Balaban J connectivity index is 1.10. The molecule has 2 aromatic heterocycles. The van der Waals surface area contributed by atoms with Crippen molar-refractivity contribution in [2.45, 2.75) is 32.4 Å². The molecule has 7 rings (SSSR count). The van der Waals surface area contributed by atoms with Gasteiger partial charge in [-0.25, -0.2) is 14.6 Å². The van der Waals surface area contributed by atoms with Crippen LogP contribution in [0.2, 0.25) is 0 Å². The number of anilines is 1. The minimum absolute atomic E-state index is 0.178. The van der Waals surface area contributed by atoms with E-state index in [0.717, 1.165) is 29.8 Å². The zero-order valence-electron chi connectivity index (χ0n) is 25.2. The van der Waals surface area contributed by atoms with E-state index in [4.69, 9.17) is 14.2 Å². The van der Waals surface area contributed by atoms with Crippen molar-refractivity contribution in [1.29, 1.82) is 0 Å². The molecule has 6 aromatic rings. The Morgan fingerprint density at radius 3 is 2.41 bits per heavy atom. The first kappa shape index (κ1) is 28.8. The van der Waals surface area contributed by atoms with Gasteiger partial charge in [0.2, 0.25) is 5.88 Å². The molecule has 0 radical (unpaired) electrons. The molecule has 10 nitrogen and oxygen atoms in total. The highest BCUT2D eigenvalue weighted by atomic mass is 16.5. The van der Waals surface area contributed by atoms with Crippen LogP contribution in [0.5, 0.6) is 23.1 Å². The summed E-state index contributed by atoms with van der Waals surface area (Å²) >= 11 is 0. The smallest absolute Gasteiger partial charge is 0.284 e. The molecular weight excluding hydrogens is 582 g/mol. The lowest BCUT2D eigenvalue weighted by molar-refractivity contribution is 0.102. The van der Waals surface area contributed by atoms with Crippen molar-refractivity contribution in [2.75, 3.05) is 12.4 Å². The monoisotopic (exact) mass is 613 g/mol. The number of carbonyl (C=O) groups excluding carboxylic acids is 1. The van der Waals surface area contributed by atoms with Gasteiger partial charge in [-0.1, -0.05) is 48.5 Å². The number of hydrogen-bond acceptors (Lipinski definition) is 7. The van der Waals surface area contributed by atoms with Gasteiger partial charge >= 0.3 is 0 Å². The lowest BCUT2D eigenvalue weighted by Gasteiger charge is -2.19. The number of nitrogens with zero attached hydrogens (tertiary/aromatic N) is 4. The van der Waals surface area contributed by atoms with Crippen molar-refractivity contribution >= 4 is 22.5 Å². The van der Waals surface area contributed by atoms with E-state index >= 15 is 0 Å². The van der Waals surface area contributed by atoms with Crippen LogP contribution in [0.15, 0.2) is 108 Å². The fraction of sp³-hybridized carbons (Fsp3) is 0.167. The number of nitrogens with one attached hydrogen (secondary N) is 1. The van der Waals surface area contributed by atoms with E-state index in [1.54, 1.807) is 48.2 Å². The first-order chi connectivity index (χ1) is 22.6. The zero-order chi connectivity index (χ0) is 31.5. The molecule has 0 saturated carbocycles. The molecule has 0 atom stereocenters. The number of benzene rings is 4. The second-order valence-corrected chi connectivity index (χ2v) is 10.9. The molecule has 4 aromatic carbocycles. The maximum Gasteiger partial charge on any atom is 0.284 e. The van der Waals surface area contributed by atoms with Gasteiger partial charge in [0.25, 0.3) is 11.5 Å². The van der Waals surface area contributed by atoms with Gasteiger partial charge in [0.15, 0.2) is 11.5 Å². The third-order valence-corrected chi connectivity index (χ3v) is 7.96. The van der Waals surface area contributed by atoms with Crippen LogP contribution in [0.3, 0.4) is 0 Å². The molecule has 0 bridgehead atoms. The maximum absolute atomic E-state index is 13.6. The first-order valence-corrected chi connectivity index (χ1v) is 15.1. The molecular formula is C36H31N5O5. The van der Waals surface area contributed by atoms with Gasteiger partial charge in [-0.2, -0.15) is 0 Å². The highest BCUT2D eigenvalue weighted by molar-refractivity contribution is 6.05. The summed E-state index contributed by atoms with van der Waals surface area (Å²) in [5.41, 5.74) is 3.56. The summed E-state index contributed by atoms with van der Waals surface area (Å²) in [5.74, 6) is 1.51. The van der Waals surface area contributed by atoms with Crippen LogP contribution < -0.4 is 25.1 Å². The summed E-state index contributed by atoms with van der Waals surface area (Å²) in [4.78, 5) is 35.8. The van der Waals surface area contributed by atoms with E-state index in [9.17, 15) is 9.59 Å². The van der Waals surface area contributed by atoms with Gasteiger partial charge in [-0.05, 0) is 67.3 Å². The van der Waals surface area contributed by atoms with Crippen molar-refractivity contribution in [3.05, 3.63) is 131 Å². The van der Waals surface area contributed by atoms with Gasteiger partial charge < -0.3 is 19.5 Å². The van der Waals surface area contributed by atoms with Crippen molar-refractivity contribution in [3.8, 4) is 28.8 Å². The summed E-state index contributed by atoms with van der Waals surface area (Å²) in [6.45, 7) is 1.07. The predicted molar refractivity (Wildman–Crippen MR) is 174 cm³/mol. The lowest BCUT2D eigenvalue weighted by Crippen LogP contribution is -2.25. The summed E-state index contributed by atoms with van der Waals surface area (Å²) in [6.07, 6.45) is 3.98. The van der Waals surface area contributed by atoms with Crippen molar-refractivity contribution in [3.63, 3.8) is 0 Å². The summed E-state index contributed by atoms with van der Waals surface area (Å²) < 4.78 is 21.3. The predicted octanol–water partition coefficient (Wildman–Crippen LogP) is 6.55. The Kier molecular flexibility index (Phi) is 7.91. The lowest BCUT2D eigenvalue weighted by atomic mass is 10.1. The highest BCUT2D eigenvalue weighted by Gasteiger charge is 2.27. The number of aromatic nitrogens is 4. The maximum atomic E-state index is 13.6. The number of carbonyl (C=O) groups is 1. The Labute approximate surface area is 264 Å². The molecule has 1 amide bonds. The fourth-order valence-electron chi connectivity index (χ4n) is 5.73. The zero-order valence-corrected chi connectivity index (χ0v) is 25.2. The Morgan fingerprint density at radius 1 is 0.891 bits per heavy atom. The first-order valence-electron chi connectivity index (χ1n) is 15.1. The average molecular weight is 614 g/mol. The number of para-hydroxylation sites is 1. The number of methoxy groups -OCH3 is 1. The number of rotatable bonds is 9. The average Bonchev–Trinajstić information content (AvgIpc) is 3.40. The quantitative estimate of drug-likeness (QED) is 0.197. The molecule has 10 heteroatoms. The number of amides is 1. The van der Waals surface area contributed by atoms with Crippen molar-refractivity contribution < 1.29 is 19.0 Å². The van der Waals surface area contributed by atoms with Gasteiger partial charge in [-0.15, -0.1) is 0 Å². The topological polar surface area (TPSA) is 110 Å². The molecule has 0 unspecified atom stereocenters. The third kappa shape index (κ3) is 5.68. The van der Waals surface area contributed by atoms with Gasteiger partial charge in [0.1, 0.15) is 24.2 Å². The molecule has 0 spiro atoms. The van der Waals surface area contributed by atoms with Gasteiger partial charge in [0.05, 0.1) is 29.4 Å². The van der Waals surface area contributed by atoms with E-state index in [1.807, 2.05) is 65.3 Å². The molecule has 46 heavy (non-hydrogen) atoms. The molecule has 1 aliphatic heterocycles.